The number of fused-ring (bicyclic) bond motifs is 2. The van der Waals surface area contributed by atoms with Crippen LogP contribution in [0.15, 0.2) is 30.3 Å². The van der Waals surface area contributed by atoms with E-state index < -0.39 is 12.1 Å². The van der Waals surface area contributed by atoms with E-state index in [1.807, 2.05) is 30.3 Å². The molecule has 0 spiro atoms. The van der Waals surface area contributed by atoms with Gasteiger partial charge in [-0.05, 0) is 5.56 Å². The van der Waals surface area contributed by atoms with Gasteiger partial charge in [0.1, 0.15) is 12.1 Å². The minimum atomic E-state index is -0.584. The Morgan fingerprint density at radius 2 is 1.74 bits per heavy atom. The van der Waals surface area contributed by atoms with Crippen LogP contribution in [-0.4, -0.2) is 58.7 Å². The fourth-order valence-corrected chi connectivity index (χ4v) is 3.71. The molecule has 0 radical (unpaired) electrons. The number of piperazine rings is 1. The lowest BCUT2D eigenvalue weighted by Crippen LogP contribution is -2.60. The summed E-state index contributed by atoms with van der Waals surface area (Å²) in [5, 5.41) is 0. The molecule has 1 aromatic rings. The van der Waals surface area contributed by atoms with Crippen LogP contribution in [0.4, 0.5) is 0 Å². The molecule has 0 aromatic heterocycles. The number of hydrogen-bond acceptors (Lipinski definition) is 4. The Bertz CT molecular complexity index is 626. The van der Waals surface area contributed by atoms with Gasteiger partial charge in [-0.15, -0.1) is 0 Å². The predicted octanol–water partition coefficient (Wildman–Crippen LogP) is 0.356. The summed E-state index contributed by atoms with van der Waals surface area (Å²) in [7, 11) is 0. The molecule has 3 aliphatic rings. The van der Waals surface area contributed by atoms with E-state index >= 15 is 0 Å². The first-order valence-corrected chi connectivity index (χ1v) is 7.91. The van der Waals surface area contributed by atoms with Crippen LogP contribution in [0, 0.1) is 0 Å². The fourth-order valence-electron chi connectivity index (χ4n) is 3.71. The van der Waals surface area contributed by atoms with Crippen LogP contribution in [-0.2, 0) is 25.7 Å². The van der Waals surface area contributed by atoms with E-state index in [-0.39, 0.29) is 36.7 Å². The maximum absolute atomic E-state index is 12.5. The summed E-state index contributed by atoms with van der Waals surface area (Å²) >= 11 is 0. The second-order valence-corrected chi connectivity index (χ2v) is 6.39. The van der Waals surface area contributed by atoms with Crippen LogP contribution in [0.5, 0.6) is 0 Å². The second kappa shape index (κ2) is 5.45. The minimum absolute atomic E-state index is 0.0326. The largest absolute Gasteiger partial charge is 0.372 e. The number of hydrogen-bond donors (Lipinski definition) is 0. The maximum atomic E-state index is 12.5. The average Bonchev–Trinajstić information content (AvgIpc) is 3.16. The molecule has 3 fully saturated rings. The highest BCUT2D eigenvalue weighted by atomic mass is 16.5. The Balaban J connectivity index is 1.44. The zero-order valence-electron chi connectivity index (χ0n) is 12.7. The molecule has 3 atom stereocenters. The lowest BCUT2D eigenvalue weighted by Gasteiger charge is -2.37. The summed E-state index contributed by atoms with van der Waals surface area (Å²) in [5.74, 6) is -0.243. The van der Waals surface area contributed by atoms with Crippen molar-refractivity contribution >= 4 is 17.6 Å². The highest BCUT2D eigenvalue weighted by molar-refractivity contribution is 6.04. The smallest absolute Gasteiger partial charge is 0.246 e. The quantitative estimate of drug-likeness (QED) is 0.808. The van der Waals surface area contributed by atoms with Crippen LogP contribution in [0.3, 0.4) is 0 Å². The van der Waals surface area contributed by atoms with E-state index in [0.717, 1.165) is 5.56 Å². The molecule has 1 aromatic carbocycles. The summed E-state index contributed by atoms with van der Waals surface area (Å²) in [6.45, 7) is 0.982. The van der Waals surface area contributed by atoms with Gasteiger partial charge < -0.3 is 14.5 Å². The normalized spacial score (nSPS) is 29.9. The number of benzene rings is 1. The number of ketones is 1. The standard InChI is InChI=1S/C17H18N2O4/c20-12-6-14-16(21)19-9-13(7-15(19)17(22)18(14)8-12)23-10-11-4-2-1-3-5-11/h1-5,13-15H,6-10H2/t13-,14+,15+/m0/s1. The van der Waals surface area contributed by atoms with E-state index in [4.69, 9.17) is 4.74 Å². The molecule has 3 aliphatic heterocycles. The summed E-state index contributed by atoms with van der Waals surface area (Å²) in [5.41, 5.74) is 1.07. The van der Waals surface area contributed by atoms with Gasteiger partial charge in [-0.3, -0.25) is 14.4 Å². The number of ether oxygens (including phenoxy) is 1. The van der Waals surface area contributed by atoms with Crippen LogP contribution >= 0.6 is 0 Å². The molecule has 0 saturated carbocycles. The Hall–Kier alpha value is -2.21. The molecule has 3 heterocycles. The molecule has 2 amide bonds. The predicted molar refractivity (Wildman–Crippen MR) is 80.3 cm³/mol. The van der Waals surface area contributed by atoms with Crippen molar-refractivity contribution in [3.63, 3.8) is 0 Å². The van der Waals surface area contributed by atoms with Crippen molar-refractivity contribution < 1.29 is 19.1 Å². The van der Waals surface area contributed by atoms with Crippen molar-refractivity contribution in [2.24, 2.45) is 0 Å². The highest BCUT2D eigenvalue weighted by Gasteiger charge is 2.53. The van der Waals surface area contributed by atoms with Gasteiger partial charge in [0.2, 0.25) is 11.8 Å². The van der Waals surface area contributed by atoms with Crippen LogP contribution in [0.25, 0.3) is 0 Å². The lowest BCUT2D eigenvalue weighted by atomic mass is 10.1. The minimum Gasteiger partial charge on any atom is -0.372 e. The fraction of sp³-hybridized carbons (Fsp3) is 0.471. The Morgan fingerprint density at radius 3 is 2.52 bits per heavy atom. The van der Waals surface area contributed by atoms with Gasteiger partial charge in [-0.1, -0.05) is 30.3 Å². The third kappa shape index (κ3) is 2.43. The van der Waals surface area contributed by atoms with Gasteiger partial charge in [0.05, 0.1) is 19.3 Å². The number of carbonyl (C=O) groups excluding carboxylic acids is 3. The molecular weight excluding hydrogens is 296 g/mol. The van der Waals surface area contributed by atoms with E-state index in [1.54, 1.807) is 4.90 Å². The molecule has 0 unspecified atom stereocenters. The Labute approximate surface area is 134 Å². The van der Waals surface area contributed by atoms with Crippen LogP contribution < -0.4 is 0 Å². The number of rotatable bonds is 3. The number of amides is 2. The van der Waals surface area contributed by atoms with Gasteiger partial charge in [0, 0.05) is 19.4 Å². The monoisotopic (exact) mass is 314 g/mol. The van der Waals surface area contributed by atoms with E-state index in [9.17, 15) is 14.4 Å². The number of carbonyl (C=O) groups is 3. The first-order valence-electron chi connectivity index (χ1n) is 7.91. The first kappa shape index (κ1) is 14.4. The Morgan fingerprint density at radius 1 is 1.00 bits per heavy atom. The molecule has 23 heavy (non-hydrogen) atoms. The zero-order valence-corrected chi connectivity index (χ0v) is 12.7. The summed E-state index contributed by atoms with van der Waals surface area (Å²) in [6, 6.07) is 8.78. The summed E-state index contributed by atoms with van der Waals surface area (Å²) < 4.78 is 5.89. The molecule has 6 nitrogen and oxygen atoms in total. The zero-order chi connectivity index (χ0) is 16.0. The van der Waals surface area contributed by atoms with Gasteiger partial charge in [-0.2, -0.15) is 0 Å². The third-order valence-electron chi connectivity index (χ3n) is 4.87. The Kier molecular flexibility index (Phi) is 3.41. The molecule has 0 N–H and O–H groups in total. The lowest BCUT2D eigenvalue weighted by molar-refractivity contribution is -0.157. The van der Waals surface area contributed by atoms with Gasteiger partial charge >= 0.3 is 0 Å². The first-order chi connectivity index (χ1) is 11.1. The molecule has 0 aliphatic carbocycles. The second-order valence-electron chi connectivity index (χ2n) is 6.39. The van der Waals surface area contributed by atoms with Crippen LogP contribution in [0.1, 0.15) is 18.4 Å². The molecule has 120 valence electrons. The summed E-state index contributed by atoms with van der Waals surface area (Å²) in [4.78, 5) is 39.7. The topological polar surface area (TPSA) is 66.9 Å². The SMILES string of the molecule is O=C1C[C@@H]2C(=O)N3C[C@@H](OCc4ccccc4)C[C@@H]3C(=O)N2C1. The van der Waals surface area contributed by atoms with Crippen molar-refractivity contribution in [3.8, 4) is 0 Å². The number of nitrogens with zero attached hydrogens (tertiary/aromatic N) is 2. The number of Topliss-reactive ketones (excluding diaryl/α,β-unsaturated/α-hetero) is 1. The van der Waals surface area contributed by atoms with E-state index in [0.29, 0.717) is 19.6 Å². The van der Waals surface area contributed by atoms with Gasteiger partial charge in [-0.25, -0.2) is 0 Å². The average molecular weight is 314 g/mol. The summed E-state index contributed by atoms with van der Waals surface area (Å²) in [6.07, 6.45) is 0.529. The highest BCUT2D eigenvalue weighted by Crippen LogP contribution is 2.32. The maximum Gasteiger partial charge on any atom is 0.246 e. The van der Waals surface area contributed by atoms with E-state index in [2.05, 4.69) is 0 Å². The van der Waals surface area contributed by atoms with Crippen molar-refractivity contribution in [1.29, 1.82) is 0 Å². The van der Waals surface area contributed by atoms with Crippen molar-refractivity contribution in [2.75, 3.05) is 13.1 Å². The van der Waals surface area contributed by atoms with Crippen molar-refractivity contribution in [3.05, 3.63) is 35.9 Å². The molecule has 0 bridgehead atoms. The van der Waals surface area contributed by atoms with E-state index in [1.165, 1.54) is 4.90 Å². The molecular formula is C17H18N2O4. The molecule has 3 saturated heterocycles. The third-order valence-corrected chi connectivity index (χ3v) is 4.87. The van der Waals surface area contributed by atoms with Gasteiger partial charge in [0.15, 0.2) is 5.78 Å². The van der Waals surface area contributed by atoms with Crippen molar-refractivity contribution in [1.82, 2.24) is 9.80 Å². The molecule has 6 heteroatoms. The van der Waals surface area contributed by atoms with Gasteiger partial charge in [0.25, 0.3) is 0 Å². The van der Waals surface area contributed by atoms with Crippen LogP contribution in [0.2, 0.25) is 0 Å². The van der Waals surface area contributed by atoms with Crippen molar-refractivity contribution in [2.45, 2.75) is 37.6 Å². The molecule has 4 rings (SSSR count).